The molecule has 16 heavy (non-hydrogen) atoms. The zero-order chi connectivity index (χ0) is 12.1. The molecule has 0 heterocycles. The lowest BCUT2D eigenvalue weighted by Crippen LogP contribution is -2.22. The third-order valence-corrected chi connectivity index (χ3v) is 2.11. The van der Waals surface area contributed by atoms with Crippen LogP contribution in [0.1, 0.15) is 29.3 Å². The van der Waals surface area contributed by atoms with E-state index >= 15 is 0 Å². The van der Waals surface area contributed by atoms with Gasteiger partial charge in [0.2, 0.25) is 5.91 Å². The minimum Gasteiger partial charge on any atom is -0.489 e. The molecule has 0 aliphatic rings. The second-order valence-corrected chi connectivity index (χ2v) is 3.76. The summed E-state index contributed by atoms with van der Waals surface area (Å²) in [5.41, 5.74) is 6.52. The van der Waals surface area contributed by atoms with Gasteiger partial charge >= 0.3 is 0 Å². The van der Waals surface area contributed by atoms with E-state index in [-0.39, 0.29) is 12.5 Å². The summed E-state index contributed by atoms with van der Waals surface area (Å²) in [5.74, 6) is 0.0571. The van der Waals surface area contributed by atoms with E-state index in [2.05, 4.69) is 0 Å². The number of rotatable bonds is 5. The zero-order valence-corrected chi connectivity index (χ0v) is 9.40. The minimum atomic E-state index is -0.424. The van der Waals surface area contributed by atoms with Crippen molar-refractivity contribution >= 4 is 12.2 Å². The van der Waals surface area contributed by atoms with Crippen LogP contribution in [0.5, 0.6) is 5.75 Å². The van der Waals surface area contributed by atoms with E-state index < -0.39 is 5.91 Å². The Hall–Kier alpha value is -1.84. The van der Waals surface area contributed by atoms with Gasteiger partial charge in [-0.15, -0.1) is 0 Å². The van der Waals surface area contributed by atoms with Crippen LogP contribution in [0.4, 0.5) is 0 Å². The molecule has 1 aromatic carbocycles. The number of nitrogens with two attached hydrogens (primary N) is 1. The monoisotopic (exact) mass is 221 g/mol. The Morgan fingerprint density at radius 1 is 1.56 bits per heavy atom. The predicted molar refractivity (Wildman–Crippen MR) is 60.5 cm³/mol. The standard InChI is InChI=1S/C12H15NO3/c1-8-3-4-11(10(5-8)7-14)16-9(2)6-12(13)15/h3-5,7,9H,6H2,1-2H3,(H2,13,15). The third-order valence-electron chi connectivity index (χ3n) is 2.11. The van der Waals surface area contributed by atoms with E-state index in [0.717, 1.165) is 11.8 Å². The molecule has 0 bridgehead atoms. The van der Waals surface area contributed by atoms with E-state index in [0.29, 0.717) is 11.3 Å². The second-order valence-electron chi connectivity index (χ2n) is 3.76. The van der Waals surface area contributed by atoms with Gasteiger partial charge < -0.3 is 10.5 Å². The van der Waals surface area contributed by atoms with Crippen molar-refractivity contribution in [1.82, 2.24) is 0 Å². The maximum absolute atomic E-state index is 10.8. The van der Waals surface area contributed by atoms with Crippen LogP contribution in [0.3, 0.4) is 0 Å². The molecule has 1 unspecified atom stereocenters. The van der Waals surface area contributed by atoms with Crippen LogP contribution in [0.2, 0.25) is 0 Å². The molecule has 2 N–H and O–H groups in total. The lowest BCUT2D eigenvalue weighted by molar-refractivity contribution is -0.119. The summed E-state index contributed by atoms with van der Waals surface area (Å²) in [7, 11) is 0. The highest BCUT2D eigenvalue weighted by molar-refractivity contribution is 5.79. The van der Waals surface area contributed by atoms with Crippen molar-refractivity contribution in [3.05, 3.63) is 29.3 Å². The van der Waals surface area contributed by atoms with Gasteiger partial charge in [-0.05, 0) is 26.0 Å². The summed E-state index contributed by atoms with van der Waals surface area (Å²) in [5, 5.41) is 0. The van der Waals surface area contributed by atoms with Gasteiger partial charge in [0.1, 0.15) is 11.9 Å². The molecule has 4 nitrogen and oxygen atoms in total. The van der Waals surface area contributed by atoms with Gasteiger partial charge in [-0.3, -0.25) is 9.59 Å². The number of amides is 1. The Morgan fingerprint density at radius 3 is 2.81 bits per heavy atom. The van der Waals surface area contributed by atoms with Crippen molar-refractivity contribution in [2.75, 3.05) is 0 Å². The lowest BCUT2D eigenvalue weighted by Gasteiger charge is -2.14. The lowest BCUT2D eigenvalue weighted by atomic mass is 10.1. The summed E-state index contributed by atoms with van der Waals surface area (Å²) in [6.07, 6.45) is 0.532. The number of primary amides is 1. The Labute approximate surface area is 94.4 Å². The molecule has 0 spiro atoms. The first kappa shape index (κ1) is 12.2. The molecule has 1 rings (SSSR count). The van der Waals surface area contributed by atoms with Crippen molar-refractivity contribution in [2.45, 2.75) is 26.4 Å². The maximum atomic E-state index is 10.8. The first-order chi connectivity index (χ1) is 7.52. The predicted octanol–water partition coefficient (Wildman–Crippen LogP) is 1.45. The van der Waals surface area contributed by atoms with Gasteiger partial charge in [-0.1, -0.05) is 11.6 Å². The van der Waals surface area contributed by atoms with Crippen LogP contribution in [0.15, 0.2) is 18.2 Å². The summed E-state index contributed by atoms with van der Waals surface area (Å²) >= 11 is 0. The van der Waals surface area contributed by atoms with E-state index in [1.165, 1.54) is 0 Å². The largest absolute Gasteiger partial charge is 0.489 e. The van der Waals surface area contributed by atoms with Crippen molar-refractivity contribution in [3.63, 3.8) is 0 Å². The number of benzene rings is 1. The highest BCUT2D eigenvalue weighted by Gasteiger charge is 2.10. The molecular formula is C12H15NO3. The SMILES string of the molecule is Cc1ccc(OC(C)CC(N)=O)c(C=O)c1. The molecular weight excluding hydrogens is 206 g/mol. The number of aryl methyl sites for hydroxylation is 1. The van der Waals surface area contributed by atoms with Crippen molar-refractivity contribution in [3.8, 4) is 5.75 Å². The van der Waals surface area contributed by atoms with Crippen molar-refractivity contribution < 1.29 is 14.3 Å². The van der Waals surface area contributed by atoms with Crippen molar-refractivity contribution in [2.24, 2.45) is 5.73 Å². The Morgan fingerprint density at radius 2 is 2.25 bits per heavy atom. The maximum Gasteiger partial charge on any atom is 0.221 e. The van der Waals surface area contributed by atoms with Gasteiger partial charge in [0.05, 0.1) is 12.0 Å². The number of carbonyl (C=O) groups excluding carboxylic acids is 2. The average Bonchev–Trinajstić information content (AvgIpc) is 2.19. The smallest absolute Gasteiger partial charge is 0.221 e. The minimum absolute atomic E-state index is 0.131. The highest BCUT2D eigenvalue weighted by atomic mass is 16.5. The summed E-state index contributed by atoms with van der Waals surface area (Å²) in [6, 6.07) is 5.30. The normalized spacial score (nSPS) is 11.9. The Kier molecular flexibility index (Phi) is 4.05. The molecule has 1 amide bonds. The molecule has 1 atom stereocenters. The molecule has 0 fully saturated rings. The molecule has 0 aliphatic carbocycles. The van der Waals surface area contributed by atoms with E-state index in [4.69, 9.17) is 10.5 Å². The van der Waals surface area contributed by atoms with E-state index in [1.807, 2.05) is 13.0 Å². The first-order valence-electron chi connectivity index (χ1n) is 5.03. The fourth-order valence-corrected chi connectivity index (χ4v) is 1.41. The molecule has 0 radical (unpaired) electrons. The Bertz CT molecular complexity index is 401. The molecule has 0 aliphatic heterocycles. The highest BCUT2D eigenvalue weighted by Crippen LogP contribution is 2.20. The van der Waals surface area contributed by atoms with E-state index in [1.54, 1.807) is 19.1 Å². The molecule has 86 valence electrons. The number of carbonyl (C=O) groups is 2. The molecule has 0 saturated heterocycles. The molecule has 1 aromatic rings. The third kappa shape index (κ3) is 3.38. The van der Waals surface area contributed by atoms with E-state index in [9.17, 15) is 9.59 Å². The fourth-order valence-electron chi connectivity index (χ4n) is 1.41. The van der Waals surface area contributed by atoms with Crippen LogP contribution < -0.4 is 10.5 Å². The topological polar surface area (TPSA) is 69.4 Å². The summed E-state index contributed by atoms with van der Waals surface area (Å²) in [6.45, 7) is 3.63. The zero-order valence-electron chi connectivity index (χ0n) is 9.40. The molecule has 0 saturated carbocycles. The van der Waals surface area contributed by atoms with Crippen LogP contribution in [0.25, 0.3) is 0 Å². The van der Waals surface area contributed by atoms with Gasteiger partial charge in [0.15, 0.2) is 6.29 Å². The molecule has 0 aromatic heterocycles. The van der Waals surface area contributed by atoms with Gasteiger partial charge in [0.25, 0.3) is 0 Å². The second kappa shape index (κ2) is 5.30. The first-order valence-corrected chi connectivity index (χ1v) is 5.03. The summed E-state index contributed by atoms with van der Waals surface area (Å²) < 4.78 is 5.47. The van der Waals surface area contributed by atoms with Gasteiger partial charge in [0, 0.05) is 0 Å². The van der Waals surface area contributed by atoms with Crippen molar-refractivity contribution in [1.29, 1.82) is 0 Å². The van der Waals surface area contributed by atoms with Gasteiger partial charge in [-0.25, -0.2) is 0 Å². The number of ether oxygens (including phenoxy) is 1. The number of aldehydes is 1. The quantitative estimate of drug-likeness (QED) is 0.765. The van der Waals surface area contributed by atoms with Crippen LogP contribution in [0, 0.1) is 6.92 Å². The number of hydrogen-bond acceptors (Lipinski definition) is 3. The van der Waals surface area contributed by atoms with Crippen LogP contribution in [-0.4, -0.2) is 18.3 Å². The molecule has 4 heteroatoms. The number of hydrogen-bond donors (Lipinski definition) is 1. The fraction of sp³-hybridized carbons (Fsp3) is 0.333. The van der Waals surface area contributed by atoms with Crippen LogP contribution in [-0.2, 0) is 4.79 Å². The Balaban J connectivity index is 2.80. The van der Waals surface area contributed by atoms with Gasteiger partial charge in [-0.2, -0.15) is 0 Å². The average molecular weight is 221 g/mol. The van der Waals surface area contributed by atoms with Crippen LogP contribution >= 0.6 is 0 Å². The summed E-state index contributed by atoms with van der Waals surface area (Å²) in [4.78, 5) is 21.5.